The molecule has 1 aliphatic rings. The fourth-order valence-electron chi connectivity index (χ4n) is 3.32. The highest BCUT2D eigenvalue weighted by Crippen LogP contribution is 2.34. The Morgan fingerprint density at radius 3 is 2.50 bits per heavy atom. The van der Waals surface area contributed by atoms with Crippen molar-refractivity contribution >= 4 is 11.8 Å². The number of Topliss-reactive ketones (excluding diaryl/α,β-unsaturated/α-hetero) is 1. The number of unbranched alkanes of at least 4 members (excludes halogenated alkanes) is 4. The van der Waals surface area contributed by atoms with Crippen molar-refractivity contribution in [1.82, 2.24) is 0 Å². The SMILES string of the molecule is CCC=CCC1C(O)CC(=O)C1CC=CCCCCCCC(=O)O. The van der Waals surface area contributed by atoms with E-state index in [0.717, 1.165) is 51.4 Å². The number of hydrogen-bond donors (Lipinski definition) is 2. The maximum Gasteiger partial charge on any atom is 0.303 e. The van der Waals surface area contributed by atoms with E-state index in [1.165, 1.54) is 0 Å². The molecule has 24 heavy (non-hydrogen) atoms. The minimum Gasteiger partial charge on any atom is -0.481 e. The molecule has 0 saturated heterocycles. The summed E-state index contributed by atoms with van der Waals surface area (Å²) in [6.07, 6.45) is 15.7. The van der Waals surface area contributed by atoms with Crippen LogP contribution in [0.5, 0.6) is 0 Å². The average Bonchev–Trinajstić information content (AvgIpc) is 2.79. The number of hydrogen-bond acceptors (Lipinski definition) is 3. The van der Waals surface area contributed by atoms with Crippen LogP contribution in [-0.2, 0) is 9.59 Å². The maximum atomic E-state index is 12.1. The number of carbonyl (C=O) groups is 2. The molecule has 4 heteroatoms. The van der Waals surface area contributed by atoms with Gasteiger partial charge in [-0.25, -0.2) is 0 Å². The molecule has 0 heterocycles. The molecular formula is C20H32O4. The molecule has 0 aromatic carbocycles. The van der Waals surface area contributed by atoms with Crippen molar-refractivity contribution in [3.8, 4) is 0 Å². The smallest absolute Gasteiger partial charge is 0.303 e. The number of aliphatic hydroxyl groups is 1. The fourth-order valence-corrected chi connectivity index (χ4v) is 3.32. The van der Waals surface area contributed by atoms with Crippen molar-refractivity contribution in [3.63, 3.8) is 0 Å². The largest absolute Gasteiger partial charge is 0.481 e. The summed E-state index contributed by atoms with van der Waals surface area (Å²) < 4.78 is 0. The minimum absolute atomic E-state index is 0.0478. The summed E-state index contributed by atoms with van der Waals surface area (Å²) in [6.45, 7) is 2.08. The van der Waals surface area contributed by atoms with Crippen LogP contribution in [0.4, 0.5) is 0 Å². The molecule has 3 unspecified atom stereocenters. The predicted octanol–water partition coefficient (Wildman–Crippen LogP) is 4.28. The monoisotopic (exact) mass is 336 g/mol. The Labute approximate surface area is 145 Å². The normalized spacial score (nSPS) is 24.4. The van der Waals surface area contributed by atoms with Crippen molar-refractivity contribution in [1.29, 1.82) is 0 Å². The van der Waals surface area contributed by atoms with Gasteiger partial charge < -0.3 is 10.2 Å². The summed E-state index contributed by atoms with van der Waals surface area (Å²) in [6, 6.07) is 0. The van der Waals surface area contributed by atoms with Crippen LogP contribution in [0.2, 0.25) is 0 Å². The Bertz CT molecular complexity index is 439. The van der Waals surface area contributed by atoms with E-state index >= 15 is 0 Å². The molecule has 1 fully saturated rings. The number of carbonyl (C=O) groups excluding carboxylic acids is 1. The second-order valence-corrected chi connectivity index (χ2v) is 6.68. The summed E-state index contributed by atoms with van der Waals surface area (Å²) in [5, 5.41) is 18.6. The number of carboxylic acids is 1. The third kappa shape index (κ3) is 7.91. The van der Waals surface area contributed by atoms with Crippen LogP contribution in [0.1, 0.15) is 71.1 Å². The lowest BCUT2D eigenvalue weighted by atomic mass is 9.88. The molecule has 1 rings (SSSR count). The first-order valence-corrected chi connectivity index (χ1v) is 9.28. The molecule has 0 aromatic rings. The number of allylic oxidation sites excluding steroid dienone is 4. The first kappa shape index (κ1) is 20.6. The molecule has 0 radical (unpaired) electrons. The van der Waals surface area contributed by atoms with Gasteiger partial charge in [0.15, 0.2) is 0 Å². The zero-order valence-corrected chi connectivity index (χ0v) is 14.8. The Balaban J connectivity index is 2.24. The topological polar surface area (TPSA) is 74.6 Å². The summed E-state index contributed by atoms with van der Waals surface area (Å²) >= 11 is 0. The third-order valence-electron chi connectivity index (χ3n) is 4.71. The van der Waals surface area contributed by atoms with Crippen LogP contribution in [0.25, 0.3) is 0 Å². The lowest BCUT2D eigenvalue weighted by Gasteiger charge is -2.18. The first-order valence-electron chi connectivity index (χ1n) is 9.28. The van der Waals surface area contributed by atoms with E-state index in [-0.39, 0.29) is 24.0 Å². The average molecular weight is 336 g/mol. The van der Waals surface area contributed by atoms with Gasteiger partial charge in [0.2, 0.25) is 0 Å². The fraction of sp³-hybridized carbons (Fsp3) is 0.700. The summed E-state index contributed by atoms with van der Waals surface area (Å²) in [7, 11) is 0. The lowest BCUT2D eigenvalue weighted by Crippen LogP contribution is -2.19. The Morgan fingerprint density at radius 1 is 1.08 bits per heavy atom. The molecule has 0 amide bonds. The van der Waals surface area contributed by atoms with E-state index in [2.05, 4.69) is 31.2 Å². The molecule has 0 bridgehead atoms. The molecule has 3 atom stereocenters. The van der Waals surface area contributed by atoms with E-state index in [1.807, 2.05) is 0 Å². The highest BCUT2D eigenvalue weighted by atomic mass is 16.4. The van der Waals surface area contributed by atoms with E-state index in [4.69, 9.17) is 5.11 Å². The molecule has 136 valence electrons. The molecule has 1 saturated carbocycles. The Kier molecular flexibility index (Phi) is 10.3. The Morgan fingerprint density at radius 2 is 1.79 bits per heavy atom. The summed E-state index contributed by atoms with van der Waals surface area (Å²) in [4.78, 5) is 22.5. The molecular weight excluding hydrogens is 304 g/mol. The maximum absolute atomic E-state index is 12.1. The van der Waals surface area contributed by atoms with E-state index in [9.17, 15) is 14.7 Å². The van der Waals surface area contributed by atoms with Gasteiger partial charge in [0, 0.05) is 18.8 Å². The van der Waals surface area contributed by atoms with Crippen molar-refractivity contribution in [2.24, 2.45) is 11.8 Å². The number of rotatable bonds is 12. The number of carboxylic acid groups (broad SMARTS) is 1. The van der Waals surface area contributed by atoms with Gasteiger partial charge in [0.1, 0.15) is 5.78 Å². The standard InChI is InChI=1S/C20H32O4/c1-2-3-9-12-16-17(19(22)15-18(16)21)13-10-7-5-4-6-8-11-14-20(23)24/h3,7,9-10,16-18,21H,2,4-6,8,11-15H2,1H3,(H,23,24). The van der Waals surface area contributed by atoms with Gasteiger partial charge in [-0.1, -0.05) is 44.1 Å². The number of ketones is 1. The highest BCUT2D eigenvalue weighted by molar-refractivity contribution is 5.84. The lowest BCUT2D eigenvalue weighted by molar-refractivity contribution is -0.137. The van der Waals surface area contributed by atoms with Crippen LogP contribution >= 0.6 is 0 Å². The van der Waals surface area contributed by atoms with Crippen LogP contribution in [-0.4, -0.2) is 28.1 Å². The van der Waals surface area contributed by atoms with Gasteiger partial charge in [-0.15, -0.1) is 0 Å². The second-order valence-electron chi connectivity index (χ2n) is 6.68. The molecule has 4 nitrogen and oxygen atoms in total. The van der Waals surface area contributed by atoms with E-state index in [1.54, 1.807) is 0 Å². The van der Waals surface area contributed by atoms with Gasteiger partial charge in [0.25, 0.3) is 0 Å². The first-order chi connectivity index (χ1) is 11.6. The molecule has 0 aromatic heterocycles. The minimum atomic E-state index is -0.721. The van der Waals surface area contributed by atoms with Crippen LogP contribution in [0.3, 0.4) is 0 Å². The van der Waals surface area contributed by atoms with E-state index < -0.39 is 12.1 Å². The molecule has 0 spiro atoms. The van der Waals surface area contributed by atoms with E-state index in [0.29, 0.717) is 6.42 Å². The van der Waals surface area contributed by atoms with Gasteiger partial charge in [0.05, 0.1) is 6.10 Å². The molecule has 2 N–H and O–H groups in total. The predicted molar refractivity (Wildman–Crippen MR) is 95.8 cm³/mol. The van der Waals surface area contributed by atoms with Crippen LogP contribution in [0, 0.1) is 11.8 Å². The molecule has 0 aliphatic heterocycles. The summed E-state index contributed by atoms with van der Waals surface area (Å²) in [5.41, 5.74) is 0. The second kappa shape index (κ2) is 12.0. The number of aliphatic carboxylic acids is 1. The quantitative estimate of drug-likeness (QED) is 0.412. The highest BCUT2D eigenvalue weighted by Gasteiger charge is 2.39. The summed E-state index contributed by atoms with van der Waals surface area (Å²) in [5.74, 6) is -0.522. The third-order valence-corrected chi connectivity index (χ3v) is 4.71. The van der Waals surface area contributed by atoms with Crippen molar-refractivity contribution < 1.29 is 19.8 Å². The van der Waals surface area contributed by atoms with Crippen LogP contribution < -0.4 is 0 Å². The van der Waals surface area contributed by atoms with Gasteiger partial charge in [-0.3, -0.25) is 9.59 Å². The van der Waals surface area contributed by atoms with Crippen molar-refractivity contribution in [3.05, 3.63) is 24.3 Å². The van der Waals surface area contributed by atoms with Gasteiger partial charge in [-0.2, -0.15) is 0 Å². The van der Waals surface area contributed by atoms with Gasteiger partial charge in [-0.05, 0) is 44.4 Å². The molecule has 1 aliphatic carbocycles. The Hall–Kier alpha value is -1.42. The van der Waals surface area contributed by atoms with Crippen LogP contribution in [0.15, 0.2) is 24.3 Å². The van der Waals surface area contributed by atoms with Crippen molar-refractivity contribution in [2.75, 3.05) is 0 Å². The van der Waals surface area contributed by atoms with Gasteiger partial charge >= 0.3 is 5.97 Å². The van der Waals surface area contributed by atoms with Crippen molar-refractivity contribution in [2.45, 2.75) is 77.2 Å². The zero-order chi connectivity index (χ0) is 17.8. The zero-order valence-electron chi connectivity index (χ0n) is 14.8. The number of aliphatic hydroxyl groups excluding tert-OH is 1.